The third-order valence-corrected chi connectivity index (χ3v) is 6.42. The molecule has 0 amide bonds. The van der Waals surface area contributed by atoms with Crippen molar-refractivity contribution in [2.75, 3.05) is 0 Å². The zero-order valence-electron chi connectivity index (χ0n) is 16.6. The summed E-state index contributed by atoms with van der Waals surface area (Å²) >= 11 is 4.81. The highest BCUT2D eigenvalue weighted by atomic mass is 79.9. The quantitative estimate of drug-likeness (QED) is 0.346. The lowest BCUT2D eigenvalue weighted by Crippen LogP contribution is -2.33. The van der Waals surface area contributed by atoms with E-state index in [0.717, 1.165) is 13.9 Å². The number of fused-ring (bicyclic) bond motifs is 1. The minimum absolute atomic E-state index is 0.141. The third kappa shape index (κ3) is 4.15. The highest BCUT2D eigenvalue weighted by molar-refractivity contribution is 9.10. The number of carbonyl (C=O) groups excluding carboxylic acids is 1. The zero-order valence-corrected chi connectivity index (χ0v) is 19.1. The van der Waals surface area contributed by atoms with E-state index in [4.69, 9.17) is 9.26 Å². The molecule has 9 nitrogen and oxygen atoms in total. The maximum atomic E-state index is 12.9. The van der Waals surface area contributed by atoms with E-state index < -0.39 is 17.2 Å². The second kappa shape index (κ2) is 8.60. The van der Waals surface area contributed by atoms with Crippen LogP contribution in [-0.2, 0) is 11.3 Å². The Labute approximate surface area is 197 Å². The van der Waals surface area contributed by atoms with Crippen molar-refractivity contribution in [3.05, 3.63) is 96.7 Å². The molecule has 5 aromatic rings. The number of nitrogens with zero attached hydrogens (tertiary/aromatic N) is 3. The number of hydrogen-bond acceptors (Lipinski definition) is 8. The number of thiophene rings is 1. The lowest BCUT2D eigenvalue weighted by Gasteiger charge is -2.07. The first-order valence-corrected chi connectivity index (χ1v) is 11.3. The van der Waals surface area contributed by atoms with Crippen molar-refractivity contribution in [3.63, 3.8) is 0 Å². The Kier molecular flexibility index (Phi) is 5.48. The molecule has 0 aliphatic rings. The van der Waals surface area contributed by atoms with Crippen LogP contribution in [0.2, 0.25) is 0 Å². The fourth-order valence-electron chi connectivity index (χ4n) is 3.21. The molecular formula is C22H13BrN4O5S. The molecule has 0 bridgehead atoms. The molecule has 0 spiro atoms. The Balaban J connectivity index is 1.37. The molecule has 33 heavy (non-hydrogen) atoms. The van der Waals surface area contributed by atoms with Crippen LogP contribution in [0.25, 0.3) is 27.3 Å². The van der Waals surface area contributed by atoms with Crippen molar-refractivity contribution in [1.29, 1.82) is 0 Å². The number of esters is 1. The molecule has 0 aliphatic heterocycles. The number of aromatic amines is 1. The summed E-state index contributed by atoms with van der Waals surface area (Å²) in [6, 6.07) is 14.8. The second-order valence-corrected chi connectivity index (χ2v) is 8.71. The summed E-state index contributed by atoms with van der Waals surface area (Å²) in [6.45, 7) is -0.220. The van der Waals surface area contributed by atoms with Gasteiger partial charge in [-0.05, 0) is 52.3 Å². The number of rotatable bonds is 5. The molecule has 0 saturated carbocycles. The van der Waals surface area contributed by atoms with E-state index in [-0.39, 0.29) is 29.0 Å². The lowest BCUT2D eigenvalue weighted by atomic mass is 10.1. The van der Waals surface area contributed by atoms with Gasteiger partial charge in [0.15, 0.2) is 6.61 Å². The molecule has 0 aliphatic carbocycles. The molecule has 0 atom stereocenters. The summed E-state index contributed by atoms with van der Waals surface area (Å²) < 4.78 is 12.3. The minimum Gasteiger partial charge on any atom is -0.452 e. The number of carbonyl (C=O) groups is 1. The van der Waals surface area contributed by atoms with Gasteiger partial charge in [-0.1, -0.05) is 23.4 Å². The topological polar surface area (TPSA) is 120 Å². The molecule has 164 valence electrons. The van der Waals surface area contributed by atoms with Crippen LogP contribution in [0.3, 0.4) is 0 Å². The van der Waals surface area contributed by atoms with E-state index in [2.05, 4.69) is 31.1 Å². The standard InChI is InChI=1S/C22H13BrN4O5S/c23-13-9-17(33-11-13)19-25-18(32-26-19)10-31-21(29)12-6-7-15-16(8-12)24-22(30)27(20(15)28)14-4-2-1-3-5-14/h1-9,11H,10H2,(H,24,30). The third-order valence-electron chi connectivity index (χ3n) is 4.73. The first kappa shape index (κ1) is 21.0. The highest BCUT2D eigenvalue weighted by Gasteiger charge is 2.16. The molecule has 1 N–H and O–H groups in total. The molecule has 3 heterocycles. The minimum atomic E-state index is -0.663. The van der Waals surface area contributed by atoms with Crippen LogP contribution >= 0.6 is 27.3 Å². The Morgan fingerprint density at radius 2 is 1.97 bits per heavy atom. The Morgan fingerprint density at radius 1 is 1.15 bits per heavy atom. The lowest BCUT2D eigenvalue weighted by molar-refractivity contribution is 0.0430. The molecular weight excluding hydrogens is 512 g/mol. The van der Waals surface area contributed by atoms with Gasteiger partial charge in [0.2, 0.25) is 5.82 Å². The maximum Gasteiger partial charge on any atom is 0.338 e. The SMILES string of the molecule is O=C(OCc1nc(-c2cc(Br)cs2)no1)c1ccc2c(=O)n(-c3ccccc3)c(=O)[nH]c2c1. The Hall–Kier alpha value is -3.83. The number of para-hydroxylation sites is 1. The van der Waals surface area contributed by atoms with Crippen molar-refractivity contribution in [2.24, 2.45) is 0 Å². The summed E-state index contributed by atoms with van der Waals surface area (Å²) in [6.07, 6.45) is 0. The zero-order chi connectivity index (χ0) is 22.9. The first-order chi connectivity index (χ1) is 16.0. The fourth-order valence-corrected chi connectivity index (χ4v) is 4.56. The molecule has 0 unspecified atom stereocenters. The first-order valence-electron chi connectivity index (χ1n) is 9.58. The van der Waals surface area contributed by atoms with Crippen LogP contribution in [0.4, 0.5) is 0 Å². The average Bonchev–Trinajstić information content (AvgIpc) is 3.46. The van der Waals surface area contributed by atoms with Crippen LogP contribution in [0, 0.1) is 0 Å². The molecule has 2 aromatic carbocycles. The maximum absolute atomic E-state index is 12.9. The fraction of sp³-hybridized carbons (Fsp3) is 0.0455. The Bertz CT molecular complexity index is 1600. The van der Waals surface area contributed by atoms with Crippen LogP contribution in [0.1, 0.15) is 16.2 Å². The van der Waals surface area contributed by atoms with E-state index >= 15 is 0 Å². The van der Waals surface area contributed by atoms with Gasteiger partial charge >= 0.3 is 11.7 Å². The number of halogens is 1. The summed E-state index contributed by atoms with van der Waals surface area (Å²) in [5.74, 6) is -0.124. The van der Waals surface area contributed by atoms with Crippen molar-refractivity contribution in [2.45, 2.75) is 6.61 Å². The van der Waals surface area contributed by atoms with Gasteiger partial charge in [-0.2, -0.15) is 4.98 Å². The number of benzene rings is 2. The monoisotopic (exact) mass is 524 g/mol. The largest absolute Gasteiger partial charge is 0.452 e. The van der Waals surface area contributed by atoms with Gasteiger partial charge in [0.05, 0.1) is 27.0 Å². The molecule has 5 rings (SSSR count). The van der Waals surface area contributed by atoms with Crippen LogP contribution in [0.5, 0.6) is 0 Å². The van der Waals surface area contributed by atoms with Gasteiger partial charge in [0, 0.05) is 9.85 Å². The van der Waals surface area contributed by atoms with Crippen LogP contribution in [0.15, 0.2) is 78.6 Å². The second-order valence-electron chi connectivity index (χ2n) is 6.88. The number of aromatic nitrogens is 4. The van der Waals surface area contributed by atoms with Crippen LogP contribution < -0.4 is 11.2 Å². The number of nitrogens with one attached hydrogen (secondary N) is 1. The van der Waals surface area contributed by atoms with E-state index in [9.17, 15) is 14.4 Å². The smallest absolute Gasteiger partial charge is 0.338 e. The van der Waals surface area contributed by atoms with Gasteiger partial charge in [0.25, 0.3) is 11.4 Å². The summed E-state index contributed by atoms with van der Waals surface area (Å²) in [4.78, 5) is 45.6. The number of H-pyrrole nitrogens is 1. The van der Waals surface area contributed by atoms with Gasteiger partial charge < -0.3 is 14.2 Å². The van der Waals surface area contributed by atoms with Gasteiger partial charge in [0.1, 0.15) is 0 Å². The van der Waals surface area contributed by atoms with Crippen LogP contribution in [-0.4, -0.2) is 25.7 Å². The molecule has 0 fully saturated rings. The van der Waals surface area contributed by atoms with E-state index in [1.165, 1.54) is 29.5 Å². The van der Waals surface area contributed by atoms with Crippen molar-refractivity contribution in [1.82, 2.24) is 19.7 Å². The predicted molar refractivity (Wildman–Crippen MR) is 125 cm³/mol. The molecule has 3 aromatic heterocycles. The van der Waals surface area contributed by atoms with E-state index in [1.54, 1.807) is 30.3 Å². The van der Waals surface area contributed by atoms with Gasteiger partial charge in [-0.15, -0.1) is 11.3 Å². The average molecular weight is 525 g/mol. The van der Waals surface area contributed by atoms with Crippen molar-refractivity contribution in [3.8, 4) is 16.4 Å². The van der Waals surface area contributed by atoms with E-state index in [1.807, 2.05) is 11.4 Å². The summed E-state index contributed by atoms with van der Waals surface area (Å²) in [5, 5.41) is 6.03. The Morgan fingerprint density at radius 3 is 2.73 bits per heavy atom. The molecule has 0 radical (unpaired) electrons. The normalized spacial score (nSPS) is 11.1. The van der Waals surface area contributed by atoms with Crippen molar-refractivity contribution >= 4 is 44.1 Å². The van der Waals surface area contributed by atoms with E-state index in [0.29, 0.717) is 11.5 Å². The molecule has 11 heteroatoms. The number of hydrogen-bond donors (Lipinski definition) is 1. The number of ether oxygens (including phenoxy) is 1. The predicted octanol–water partition coefficient (Wildman–Crippen LogP) is 3.91. The van der Waals surface area contributed by atoms with Gasteiger partial charge in [-0.3, -0.25) is 4.79 Å². The van der Waals surface area contributed by atoms with Gasteiger partial charge in [-0.25, -0.2) is 14.2 Å². The summed E-state index contributed by atoms with van der Waals surface area (Å²) in [5.41, 5.74) is -0.254. The highest BCUT2D eigenvalue weighted by Crippen LogP contribution is 2.27. The molecule has 0 saturated heterocycles. The summed E-state index contributed by atoms with van der Waals surface area (Å²) in [7, 11) is 0. The van der Waals surface area contributed by atoms with Crippen molar-refractivity contribution < 1.29 is 14.1 Å².